The lowest BCUT2D eigenvalue weighted by Crippen LogP contribution is -2.12. The van der Waals surface area contributed by atoms with E-state index in [1.54, 1.807) is 0 Å². The Morgan fingerprint density at radius 1 is 1.39 bits per heavy atom. The largest absolute Gasteiger partial charge is 0.320 e. The van der Waals surface area contributed by atoms with Crippen LogP contribution in [0.4, 0.5) is 11.4 Å². The number of carbonyl (C=O) groups is 1. The van der Waals surface area contributed by atoms with Crippen molar-refractivity contribution < 1.29 is 9.72 Å². The Labute approximate surface area is 114 Å². The van der Waals surface area contributed by atoms with Crippen LogP contribution in [0, 0.1) is 10.1 Å². The number of benzene rings is 1. The zero-order valence-corrected chi connectivity index (χ0v) is 11.0. The molecule has 0 fully saturated rings. The number of anilines is 1. The minimum Gasteiger partial charge on any atom is -0.320 e. The van der Waals surface area contributed by atoms with Crippen LogP contribution in [0.25, 0.3) is 0 Å². The third kappa shape index (κ3) is 4.50. The quantitative estimate of drug-likeness (QED) is 0.377. The van der Waals surface area contributed by atoms with Gasteiger partial charge in [0.1, 0.15) is 5.69 Å². The molecule has 0 atom stereocenters. The van der Waals surface area contributed by atoms with E-state index in [4.69, 9.17) is 23.2 Å². The van der Waals surface area contributed by atoms with Gasteiger partial charge >= 0.3 is 0 Å². The highest BCUT2D eigenvalue weighted by molar-refractivity contribution is 6.31. The van der Waals surface area contributed by atoms with Gasteiger partial charge in [0.25, 0.3) is 5.69 Å². The predicted molar refractivity (Wildman–Crippen MR) is 71.3 cm³/mol. The number of nitrogens with zero attached hydrogens (tertiary/aromatic N) is 1. The Kier molecular flexibility index (Phi) is 5.88. The number of carbonyl (C=O) groups excluding carboxylic acids is 1. The number of alkyl halides is 1. The van der Waals surface area contributed by atoms with Crippen LogP contribution >= 0.6 is 23.2 Å². The van der Waals surface area contributed by atoms with Crippen molar-refractivity contribution in [1.82, 2.24) is 0 Å². The van der Waals surface area contributed by atoms with Crippen LogP contribution in [0.5, 0.6) is 0 Å². The van der Waals surface area contributed by atoms with Crippen molar-refractivity contribution in [2.24, 2.45) is 0 Å². The van der Waals surface area contributed by atoms with Crippen molar-refractivity contribution in [3.8, 4) is 0 Å². The van der Waals surface area contributed by atoms with E-state index in [2.05, 4.69) is 5.32 Å². The Morgan fingerprint density at radius 3 is 2.72 bits per heavy atom. The van der Waals surface area contributed by atoms with Gasteiger partial charge < -0.3 is 5.32 Å². The molecule has 1 aromatic carbocycles. The van der Waals surface area contributed by atoms with E-state index in [1.807, 2.05) is 0 Å². The summed E-state index contributed by atoms with van der Waals surface area (Å²) >= 11 is 11.2. The number of nitro benzene ring substituents is 1. The fourth-order valence-electron chi connectivity index (χ4n) is 1.36. The zero-order chi connectivity index (χ0) is 13.5. The van der Waals surface area contributed by atoms with E-state index in [0.29, 0.717) is 17.3 Å². The Hall–Kier alpha value is -1.33. The van der Waals surface area contributed by atoms with E-state index in [-0.39, 0.29) is 23.7 Å². The molecule has 0 unspecified atom stereocenters. The second-order valence-electron chi connectivity index (χ2n) is 3.61. The molecule has 0 aliphatic rings. The molecule has 1 amide bonds. The summed E-state index contributed by atoms with van der Waals surface area (Å²) in [6, 6.07) is 4.03. The summed E-state index contributed by atoms with van der Waals surface area (Å²) in [7, 11) is 0. The first-order valence-electron chi connectivity index (χ1n) is 5.34. The lowest BCUT2D eigenvalue weighted by molar-refractivity contribution is -0.383. The van der Waals surface area contributed by atoms with Gasteiger partial charge in [0, 0.05) is 23.4 Å². The summed E-state index contributed by atoms with van der Waals surface area (Å²) in [4.78, 5) is 21.8. The highest BCUT2D eigenvalue weighted by Crippen LogP contribution is 2.27. The maximum absolute atomic E-state index is 11.6. The Morgan fingerprint density at radius 2 is 2.11 bits per heavy atom. The Bertz CT molecular complexity index is 452. The maximum atomic E-state index is 11.6. The number of hydrogen-bond donors (Lipinski definition) is 1. The van der Waals surface area contributed by atoms with Crippen LogP contribution in [0.1, 0.15) is 19.3 Å². The van der Waals surface area contributed by atoms with Gasteiger partial charge in [-0.15, -0.1) is 11.6 Å². The number of hydrogen-bond acceptors (Lipinski definition) is 3. The van der Waals surface area contributed by atoms with Gasteiger partial charge in [-0.3, -0.25) is 14.9 Å². The number of nitrogens with one attached hydrogen (secondary N) is 1. The highest BCUT2D eigenvalue weighted by Gasteiger charge is 2.15. The highest BCUT2D eigenvalue weighted by atomic mass is 35.5. The van der Waals surface area contributed by atoms with Gasteiger partial charge in [-0.25, -0.2) is 0 Å². The van der Waals surface area contributed by atoms with Crippen LogP contribution in [0.2, 0.25) is 5.02 Å². The van der Waals surface area contributed by atoms with Crippen LogP contribution in [-0.4, -0.2) is 16.7 Å². The smallest absolute Gasteiger partial charge is 0.292 e. The molecule has 0 aromatic heterocycles. The summed E-state index contributed by atoms with van der Waals surface area (Å²) in [5.41, 5.74) is -0.0616. The van der Waals surface area contributed by atoms with Gasteiger partial charge in [0.15, 0.2) is 0 Å². The van der Waals surface area contributed by atoms with Gasteiger partial charge in [0.05, 0.1) is 4.92 Å². The number of amides is 1. The molecule has 98 valence electrons. The van der Waals surface area contributed by atoms with Crippen molar-refractivity contribution in [3.63, 3.8) is 0 Å². The number of halogens is 2. The first kappa shape index (κ1) is 14.7. The molecule has 0 saturated carbocycles. The zero-order valence-electron chi connectivity index (χ0n) is 9.49. The lowest BCUT2D eigenvalue weighted by atomic mass is 10.2. The minimum absolute atomic E-state index is 0.114. The molecule has 0 aliphatic carbocycles. The SMILES string of the molecule is O=C(CCCCCl)Nc1cc(Cl)ccc1[N+](=O)[O-]. The molecule has 0 aliphatic heterocycles. The predicted octanol–water partition coefficient (Wildman–Crippen LogP) is 3.60. The van der Waals surface area contributed by atoms with E-state index < -0.39 is 4.92 Å². The summed E-state index contributed by atoms with van der Waals surface area (Å²) in [5, 5.41) is 13.6. The van der Waals surface area contributed by atoms with Crippen molar-refractivity contribution in [2.75, 3.05) is 11.2 Å². The molecule has 0 spiro atoms. The normalized spacial score (nSPS) is 10.1. The molecule has 0 bridgehead atoms. The van der Waals surface area contributed by atoms with Crippen molar-refractivity contribution in [2.45, 2.75) is 19.3 Å². The molecule has 0 heterocycles. The molecule has 0 radical (unpaired) electrons. The van der Waals surface area contributed by atoms with Gasteiger partial charge in [-0.1, -0.05) is 11.6 Å². The van der Waals surface area contributed by atoms with Crippen LogP contribution in [-0.2, 0) is 4.79 Å². The van der Waals surface area contributed by atoms with E-state index >= 15 is 0 Å². The molecule has 1 rings (SSSR count). The molecule has 1 aromatic rings. The summed E-state index contributed by atoms with van der Waals surface area (Å²) in [6.07, 6.45) is 1.65. The van der Waals surface area contributed by atoms with E-state index in [1.165, 1.54) is 18.2 Å². The number of rotatable bonds is 6. The molecule has 18 heavy (non-hydrogen) atoms. The first-order valence-corrected chi connectivity index (χ1v) is 6.25. The average molecular weight is 291 g/mol. The topological polar surface area (TPSA) is 72.2 Å². The second-order valence-corrected chi connectivity index (χ2v) is 4.43. The Balaban J connectivity index is 2.73. The maximum Gasteiger partial charge on any atom is 0.292 e. The number of nitro groups is 1. The van der Waals surface area contributed by atoms with Crippen LogP contribution < -0.4 is 5.32 Å². The van der Waals surface area contributed by atoms with Crippen LogP contribution in [0.3, 0.4) is 0 Å². The lowest BCUT2D eigenvalue weighted by Gasteiger charge is -2.06. The van der Waals surface area contributed by atoms with E-state index in [9.17, 15) is 14.9 Å². The molecular formula is C11H12Cl2N2O3. The standard InChI is InChI=1S/C11H12Cl2N2O3/c12-6-2-1-3-11(16)14-9-7-8(13)4-5-10(9)15(17)18/h4-5,7H,1-3,6H2,(H,14,16). The summed E-state index contributed by atoms with van der Waals surface area (Å²) < 4.78 is 0. The van der Waals surface area contributed by atoms with Gasteiger partial charge in [0.2, 0.25) is 5.91 Å². The first-order chi connectivity index (χ1) is 8.54. The molecule has 5 nitrogen and oxygen atoms in total. The minimum atomic E-state index is -0.565. The van der Waals surface area contributed by atoms with Crippen molar-refractivity contribution in [3.05, 3.63) is 33.3 Å². The van der Waals surface area contributed by atoms with Crippen molar-refractivity contribution >= 4 is 40.5 Å². The molecular weight excluding hydrogens is 279 g/mol. The van der Waals surface area contributed by atoms with Crippen molar-refractivity contribution in [1.29, 1.82) is 0 Å². The summed E-state index contributed by atoms with van der Waals surface area (Å²) in [5.74, 6) is 0.204. The fourth-order valence-corrected chi connectivity index (χ4v) is 1.72. The molecule has 7 heteroatoms. The third-order valence-electron chi connectivity index (χ3n) is 2.22. The molecule has 1 N–H and O–H groups in total. The van der Waals surface area contributed by atoms with E-state index in [0.717, 1.165) is 6.42 Å². The van der Waals surface area contributed by atoms with Gasteiger partial charge in [-0.05, 0) is 25.0 Å². The van der Waals surface area contributed by atoms with Crippen LogP contribution in [0.15, 0.2) is 18.2 Å². The monoisotopic (exact) mass is 290 g/mol. The fraction of sp³-hybridized carbons (Fsp3) is 0.364. The van der Waals surface area contributed by atoms with Gasteiger partial charge in [-0.2, -0.15) is 0 Å². The second kappa shape index (κ2) is 7.18. The molecule has 0 saturated heterocycles. The average Bonchev–Trinajstić information content (AvgIpc) is 2.29. The number of unbranched alkanes of at least 4 members (excludes halogenated alkanes) is 1. The summed E-state index contributed by atoms with van der Waals surface area (Å²) in [6.45, 7) is 0. The third-order valence-corrected chi connectivity index (χ3v) is 2.72.